The van der Waals surface area contributed by atoms with Crippen molar-refractivity contribution in [1.82, 2.24) is 4.90 Å². The molecule has 0 saturated carbocycles. The molecule has 0 aliphatic heterocycles. The van der Waals surface area contributed by atoms with Crippen LogP contribution in [0, 0.1) is 0 Å². The Labute approximate surface area is 164 Å². The lowest BCUT2D eigenvalue weighted by molar-refractivity contribution is -0.115. The van der Waals surface area contributed by atoms with Crippen molar-refractivity contribution < 1.29 is 19.1 Å². The largest absolute Gasteiger partial charge is 0.494 e. The van der Waals surface area contributed by atoms with Gasteiger partial charge in [-0.15, -0.1) is 0 Å². The quantitative estimate of drug-likeness (QED) is 0.686. The molecule has 2 aromatic carbocycles. The van der Waals surface area contributed by atoms with Crippen LogP contribution in [-0.4, -0.2) is 42.8 Å². The van der Waals surface area contributed by atoms with Crippen LogP contribution < -0.4 is 15.4 Å². The van der Waals surface area contributed by atoms with Gasteiger partial charge in [0.25, 0.3) is 5.91 Å². The van der Waals surface area contributed by atoms with Crippen LogP contribution in [0.25, 0.3) is 0 Å². The average Bonchev–Trinajstić information content (AvgIpc) is 2.64. The van der Waals surface area contributed by atoms with E-state index in [9.17, 15) is 14.4 Å². The number of carbonyl (C=O) groups excluding carboxylic acids is 3. The lowest BCUT2D eigenvalue weighted by atomic mass is 10.1. The first-order valence-corrected chi connectivity index (χ1v) is 8.98. The van der Waals surface area contributed by atoms with E-state index >= 15 is 0 Å². The van der Waals surface area contributed by atoms with E-state index in [2.05, 4.69) is 10.6 Å². The number of anilines is 2. The Kier molecular flexibility index (Phi) is 7.56. The zero-order valence-electron chi connectivity index (χ0n) is 16.3. The number of ether oxygens (including phenoxy) is 1. The number of nitrogens with one attached hydrogen (secondary N) is 2. The second-order valence-electron chi connectivity index (χ2n) is 6.40. The third-order valence-electron chi connectivity index (χ3n) is 3.82. The van der Waals surface area contributed by atoms with E-state index in [1.807, 2.05) is 30.3 Å². The van der Waals surface area contributed by atoms with E-state index < -0.39 is 0 Å². The van der Waals surface area contributed by atoms with Gasteiger partial charge in [0.15, 0.2) is 0 Å². The number of hydrogen-bond acceptors (Lipinski definition) is 4. The zero-order valence-corrected chi connectivity index (χ0v) is 16.3. The lowest BCUT2D eigenvalue weighted by Gasteiger charge is -2.19. The Morgan fingerprint density at radius 2 is 1.50 bits per heavy atom. The molecule has 0 atom stereocenters. The summed E-state index contributed by atoms with van der Waals surface area (Å²) in [4.78, 5) is 37.0. The van der Waals surface area contributed by atoms with Gasteiger partial charge in [-0.2, -0.15) is 0 Å². The standard InChI is InChI=1S/C21H25N3O4/c1-15(25)22-18-12-17(13-19(14-18)23-16(2)26)21(27)24(3)10-7-11-28-20-8-5-4-6-9-20/h4-6,8-9,12-14H,7,10-11H2,1-3H3,(H,22,25)(H,23,26). The molecule has 148 valence electrons. The normalized spacial score (nSPS) is 10.1. The fourth-order valence-electron chi connectivity index (χ4n) is 2.63. The summed E-state index contributed by atoms with van der Waals surface area (Å²) in [5.74, 6) is 0.0625. The summed E-state index contributed by atoms with van der Waals surface area (Å²) in [7, 11) is 1.70. The van der Waals surface area contributed by atoms with Crippen LogP contribution in [0.2, 0.25) is 0 Å². The Hall–Kier alpha value is -3.35. The van der Waals surface area contributed by atoms with Gasteiger partial charge in [0.1, 0.15) is 5.75 Å². The lowest BCUT2D eigenvalue weighted by Crippen LogP contribution is -2.29. The number of nitrogens with zero attached hydrogens (tertiary/aromatic N) is 1. The maximum atomic E-state index is 12.7. The third kappa shape index (κ3) is 6.75. The van der Waals surface area contributed by atoms with E-state index in [0.29, 0.717) is 36.5 Å². The van der Waals surface area contributed by atoms with E-state index in [1.54, 1.807) is 30.1 Å². The Morgan fingerprint density at radius 1 is 0.929 bits per heavy atom. The monoisotopic (exact) mass is 383 g/mol. The topological polar surface area (TPSA) is 87.7 Å². The SMILES string of the molecule is CC(=O)Nc1cc(NC(C)=O)cc(C(=O)N(C)CCCOc2ccccc2)c1. The van der Waals surface area contributed by atoms with Crippen molar-refractivity contribution in [3.63, 3.8) is 0 Å². The number of carbonyl (C=O) groups is 3. The summed E-state index contributed by atoms with van der Waals surface area (Å²) in [5.41, 5.74) is 1.27. The fraction of sp³-hybridized carbons (Fsp3) is 0.286. The molecule has 28 heavy (non-hydrogen) atoms. The van der Waals surface area contributed by atoms with Crippen molar-refractivity contribution in [2.24, 2.45) is 0 Å². The van der Waals surface area contributed by atoms with Crippen LogP contribution in [0.4, 0.5) is 11.4 Å². The molecule has 0 aromatic heterocycles. The third-order valence-corrected chi connectivity index (χ3v) is 3.82. The number of benzene rings is 2. The van der Waals surface area contributed by atoms with E-state index in [-0.39, 0.29) is 17.7 Å². The van der Waals surface area contributed by atoms with Gasteiger partial charge < -0.3 is 20.3 Å². The first-order valence-electron chi connectivity index (χ1n) is 8.98. The van der Waals surface area contributed by atoms with Crippen LogP contribution in [-0.2, 0) is 9.59 Å². The Bertz CT molecular complexity index is 803. The second kappa shape index (κ2) is 10.1. The molecule has 0 unspecified atom stereocenters. The van der Waals surface area contributed by atoms with Crippen molar-refractivity contribution in [3.05, 3.63) is 54.1 Å². The number of amides is 3. The maximum Gasteiger partial charge on any atom is 0.253 e. The highest BCUT2D eigenvalue weighted by atomic mass is 16.5. The minimum atomic E-state index is -0.259. The summed E-state index contributed by atoms with van der Waals surface area (Å²) in [6.45, 7) is 3.76. The van der Waals surface area contributed by atoms with Crippen molar-refractivity contribution in [2.75, 3.05) is 30.8 Å². The van der Waals surface area contributed by atoms with Gasteiger partial charge >= 0.3 is 0 Å². The van der Waals surface area contributed by atoms with E-state index in [4.69, 9.17) is 4.74 Å². The van der Waals surface area contributed by atoms with Crippen LogP contribution in [0.15, 0.2) is 48.5 Å². The predicted octanol–water partition coefficient (Wildman–Crippen LogP) is 3.14. The molecule has 0 radical (unpaired) electrons. The number of para-hydroxylation sites is 1. The highest BCUT2D eigenvalue weighted by Crippen LogP contribution is 2.20. The first kappa shape index (κ1) is 21.0. The van der Waals surface area contributed by atoms with Crippen molar-refractivity contribution in [3.8, 4) is 5.75 Å². The molecule has 7 heteroatoms. The van der Waals surface area contributed by atoms with Gasteiger partial charge in [-0.05, 0) is 36.8 Å². The minimum absolute atomic E-state index is 0.210. The van der Waals surface area contributed by atoms with E-state index in [1.165, 1.54) is 13.8 Å². The molecule has 0 heterocycles. The zero-order chi connectivity index (χ0) is 20.5. The van der Waals surface area contributed by atoms with E-state index in [0.717, 1.165) is 5.75 Å². The van der Waals surface area contributed by atoms with Gasteiger partial charge in [0, 0.05) is 44.4 Å². The van der Waals surface area contributed by atoms with Gasteiger partial charge in [-0.1, -0.05) is 18.2 Å². The highest BCUT2D eigenvalue weighted by Gasteiger charge is 2.14. The summed E-state index contributed by atoms with van der Waals surface area (Å²) in [5, 5.41) is 5.28. The van der Waals surface area contributed by atoms with Crippen molar-refractivity contribution >= 4 is 29.1 Å². The number of rotatable bonds is 8. The van der Waals surface area contributed by atoms with Crippen LogP contribution >= 0.6 is 0 Å². The van der Waals surface area contributed by atoms with Crippen LogP contribution in [0.3, 0.4) is 0 Å². The van der Waals surface area contributed by atoms with Gasteiger partial charge in [0.05, 0.1) is 6.61 Å². The first-order chi connectivity index (χ1) is 13.3. The molecule has 0 saturated heterocycles. The highest BCUT2D eigenvalue weighted by molar-refractivity contribution is 5.99. The molecular weight excluding hydrogens is 358 g/mol. The molecule has 3 amide bonds. The van der Waals surface area contributed by atoms with Gasteiger partial charge in [-0.3, -0.25) is 14.4 Å². The molecule has 2 N–H and O–H groups in total. The summed E-state index contributed by atoms with van der Waals surface area (Å²) in [6.07, 6.45) is 0.668. The van der Waals surface area contributed by atoms with Crippen molar-refractivity contribution in [2.45, 2.75) is 20.3 Å². The average molecular weight is 383 g/mol. The second-order valence-corrected chi connectivity index (χ2v) is 6.40. The summed E-state index contributed by atoms with van der Waals surface area (Å²) < 4.78 is 5.63. The molecule has 0 fully saturated rings. The molecule has 0 aliphatic carbocycles. The summed E-state index contributed by atoms with van der Waals surface area (Å²) in [6, 6.07) is 14.3. The molecule has 2 rings (SSSR count). The number of hydrogen-bond donors (Lipinski definition) is 2. The minimum Gasteiger partial charge on any atom is -0.494 e. The molecule has 0 bridgehead atoms. The van der Waals surface area contributed by atoms with Crippen LogP contribution in [0.1, 0.15) is 30.6 Å². The molecule has 2 aromatic rings. The summed E-state index contributed by atoms with van der Waals surface area (Å²) >= 11 is 0. The molecule has 7 nitrogen and oxygen atoms in total. The van der Waals surface area contributed by atoms with Crippen LogP contribution in [0.5, 0.6) is 5.75 Å². The van der Waals surface area contributed by atoms with Crippen molar-refractivity contribution in [1.29, 1.82) is 0 Å². The van der Waals surface area contributed by atoms with Gasteiger partial charge in [-0.25, -0.2) is 0 Å². The molecule has 0 spiro atoms. The smallest absolute Gasteiger partial charge is 0.253 e. The van der Waals surface area contributed by atoms with Gasteiger partial charge in [0.2, 0.25) is 11.8 Å². The Morgan fingerprint density at radius 3 is 2.04 bits per heavy atom. The Balaban J connectivity index is 1.99. The maximum absolute atomic E-state index is 12.7. The molecular formula is C21H25N3O4. The fourth-order valence-corrected chi connectivity index (χ4v) is 2.63. The molecule has 0 aliphatic rings. The predicted molar refractivity (Wildman–Crippen MR) is 109 cm³/mol.